The fourth-order valence-corrected chi connectivity index (χ4v) is 6.05. The van der Waals surface area contributed by atoms with Crippen LogP contribution < -0.4 is 0 Å². The molecule has 0 amide bonds. The molecule has 4 aromatic carbocycles. The van der Waals surface area contributed by atoms with Crippen molar-refractivity contribution in [2.75, 3.05) is 0 Å². The fraction of sp³-hybridized carbons (Fsp3) is 0.156. The summed E-state index contributed by atoms with van der Waals surface area (Å²) in [5.74, 6) is -0.123. The molecule has 0 fully saturated rings. The number of fused-ring (bicyclic) bond motifs is 4. The predicted octanol–water partition coefficient (Wildman–Crippen LogP) is 9.44. The van der Waals surface area contributed by atoms with E-state index in [4.69, 9.17) is 2.74 Å². The lowest BCUT2D eigenvalue weighted by molar-refractivity contribution is 0.647. The molecule has 0 saturated heterocycles. The van der Waals surface area contributed by atoms with E-state index >= 15 is 0 Å². The quantitative estimate of drug-likeness (QED) is 0.256. The van der Waals surface area contributed by atoms with Crippen molar-refractivity contribution in [2.24, 2.45) is 5.92 Å². The van der Waals surface area contributed by atoms with Crippen molar-refractivity contribution in [1.82, 2.24) is 4.98 Å². The lowest BCUT2D eigenvalue weighted by Gasteiger charge is -2.09. The molecule has 2 aromatic heterocycles. The van der Waals surface area contributed by atoms with Gasteiger partial charge in [-0.15, -0.1) is 11.3 Å². The molecular formula is C32H27NS. The summed E-state index contributed by atoms with van der Waals surface area (Å²) < 4.78 is 19.6. The molecule has 166 valence electrons. The molecule has 0 radical (unpaired) electrons. The molecule has 0 bridgehead atoms. The average Bonchev–Trinajstić information content (AvgIpc) is 3.25. The normalized spacial score (nSPS) is 13.1. The highest BCUT2D eigenvalue weighted by Gasteiger charge is 2.14. The summed E-state index contributed by atoms with van der Waals surface area (Å²) in [4.78, 5) is 4.68. The van der Waals surface area contributed by atoms with Gasteiger partial charge < -0.3 is 0 Å². The van der Waals surface area contributed by atoms with Crippen LogP contribution in [0.25, 0.3) is 53.3 Å². The van der Waals surface area contributed by atoms with E-state index in [1.165, 1.54) is 47.6 Å². The third kappa shape index (κ3) is 3.69. The Labute approximate surface area is 207 Å². The Hall–Kier alpha value is -3.49. The number of nitrogens with zero attached hydrogens (tertiary/aromatic N) is 1. The maximum atomic E-state index is 8.58. The van der Waals surface area contributed by atoms with Crippen LogP contribution in [0.2, 0.25) is 0 Å². The minimum atomic E-state index is -1.41. The Bertz CT molecular complexity index is 1760. The number of aromatic nitrogens is 1. The van der Waals surface area contributed by atoms with Gasteiger partial charge in [-0.25, -0.2) is 0 Å². The zero-order valence-corrected chi connectivity index (χ0v) is 20.4. The molecule has 0 unspecified atom stereocenters. The summed E-state index contributed by atoms with van der Waals surface area (Å²) in [7, 11) is 0. The SMILES string of the molecule is [2H]C([2H])(c1ccnc(-c2cc(C)cc3c2sc2ccc(-c4cccc5ccccc45)cc23)c1)C(C)C. The second-order valence-electron chi connectivity index (χ2n) is 9.26. The Morgan fingerprint density at radius 2 is 1.68 bits per heavy atom. The minimum Gasteiger partial charge on any atom is -0.256 e. The van der Waals surface area contributed by atoms with Gasteiger partial charge in [0.05, 0.1) is 5.69 Å². The molecule has 0 aliphatic rings. The Morgan fingerprint density at radius 3 is 2.56 bits per heavy atom. The van der Waals surface area contributed by atoms with Gasteiger partial charge in [0.1, 0.15) is 0 Å². The third-order valence-electron chi connectivity index (χ3n) is 6.31. The van der Waals surface area contributed by atoms with E-state index in [0.717, 1.165) is 11.3 Å². The van der Waals surface area contributed by atoms with E-state index in [1.807, 2.05) is 19.9 Å². The Morgan fingerprint density at radius 1 is 0.824 bits per heavy atom. The van der Waals surface area contributed by atoms with Gasteiger partial charge in [-0.05, 0) is 88.6 Å². The summed E-state index contributed by atoms with van der Waals surface area (Å²) in [6.07, 6.45) is 0.332. The highest BCUT2D eigenvalue weighted by atomic mass is 32.1. The van der Waals surface area contributed by atoms with Crippen molar-refractivity contribution in [2.45, 2.75) is 27.1 Å². The predicted molar refractivity (Wildman–Crippen MR) is 149 cm³/mol. The first-order valence-corrected chi connectivity index (χ1v) is 12.6. The van der Waals surface area contributed by atoms with E-state index < -0.39 is 6.37 Å². The van der Waals surface area contributed by atoms with Crippen LogP contribution in [-0.2, 0) is 6.37 Å². The van der Waals surface area contributed by atoms with Crippen molar-refractivity contribution < 1.29 is 2.74 Å². The summed E-state index contributed by atoms with van der Waals surface area (Å²) in [6.45, 7) is 5.97. The molecule has 6 rings (SSSR count). The summed E-state index contributed by atoms with van der Waals surface area (Å²) in [5.41, 5.74) is 6.20. The molecule has 0 aliphatic carbocycles. The Kier molecular flexibility index (Phi) is 4.65. The number of benzene rings is 4. The van der Waals surface area contributed by atoms with Crippen LogP contribution in [0.3, 0.4) is 0 Å². The zero-order valence-electron chi connectivity index (χ0n) is 21.6. The van der Waals surface area contributed by atoms with Crippen molar-refractivity contribution >= 4 is 42.3 Å². The van der Waals surface area contributed by atoms with Crippen molar-refractivity contribution in [3.05, 3.63) is 102 Å². The highest BCUT2D eigenvalue weighted by Crippen LogP contribution is 2.42. The average molecular weight is 460 g/mol. The van der Waals surface area contributed by atoms with Gasteiger partial charge in [0.25, 0.3) is 0 Å². The van der Waals surface area contributed by atoms with Gasteiger partial charge in [-0.3, -0.25) is 4.98 Å². The Balaban J connectivity index is 1.56. The topological polar surface area (TPSA) is 12.9 Å². The highest BCUT2D eigenvalue weighted by molar-refractivity contribution is 7.26. The van der Waals surface area contributed by atoms with Crippen LogP contribution in [0.5, 0.6) is 0 Å². The summed E-state index contributed by atoms with van der Waals surface area (Å²) in [6, 6.07) is 30.0. The molecule has 34 heavy (non-hydrogen) atoms. The summed E-state index contributed by atoms with van der Waals surface area (Å²) in [5, 5.41) is 4.98. The van der Waals surface area contributed by atoms with Crippen LogP contribution >= 0.6 is 11.3 Å². The number of pyridine rings is 1. The van der Waals surface area contributed by atoms with Gasteiger partial charge in [0, 0.05) is 34.7 Å². The van der Waals surface area contributed by atoms with Gasteiger partial charge >= 0.3 is 0 Å². The molecule has 0 spiro atoms. The lowest BCUT2D eigenvalue weighted by atomic mass is 9.96. The van der Waals surface area contributed by atoms with Crippen LogP contribution in [-0.4, -0.2) is 4.98 Å². The second kappa shape index (κ2) is 8.38. The van der Waals surface area contributed by atoms with Crippen LogP contribution in [0, 0.1) is 12.8 Å². The van der Waals surface area contributed by atoms with Gasteiger partial charge in [0.2, 0.25) is 0 Å². The van der Waals surface area contributed by atoms with Gasteiger partial charge in [-0.2, -0.15) is 0 Å². The molecule has 0 aliphatic heterocycles. The number of hydrogen-bond acceptors (Lipinski definition) is 2. The first-order valence-electron chi connectivity index (χ1n) is 12.7. The van der Waals surface area contributed by atoms with Gasteiger partial charge in [0.15, 0.2) is 0 Å². The van der Waals surface area contributed by atoms with Crippen LogP contribution in [0.1, 0.15) is 27.7 Å². The van der Waals surface area contributed by atoms with E-state index in [1.54, 1.807) is 23.6 Å². The molecule has 6 aromatic rings. The van der Waals surface area contributed by atoms with Crippen LogP contribution in [0.4, 0.5) is 0 Å². The molecule has 1 nitrogen and oxygen atoms in total. The molecule has 2 heterocycles. The van der Waals surface area contributed by atoms with Gasteiger partial charge in [-0.1, -0.05) is 62.4 Å². The minimum absolute atomic E-state index is 0.123. The maximum absolute atomic E-state index is 8.58. The third-order valence-corrected chi connectivity index (χ3v) is 7.53. The molecule has 0 saturated carbocycles. The number of aryl methyl sites for hydroxylation is 1. The molecule has 0 atom stereocenters. The second-order valence-corrected chi connectivity index (χ2v) is 10.3. The smallest absolute Gasteiger partial charge is 0.0719 e. The molecule has 2 heteroatoms. The first-order chi connectivity index (χ1) is 17.3. The number of hydrogen-bond donors (Lipinski definition) is 0. The maximum Gasteiger partial charge on any atom is 0.0719 e. The lowest BCUT2D eigenvalue weighted by Crippen LogP contribution is -1.95. The summed E-state index contributed by atoms with van der Waals surface area (Å²) >= 11 is 1.79. The monoisotopic (exact) mass is 459 g/mol. The zero-order chi connectivity index (χ0) is 25.0. The first kappa shape index (κ1) is 18.9. The molecule has 0 N–H and O–H groups in total. The van der Waals surface area contributed by atoms with E-state index in [0.29, 0.717) is 5.56 Å². The van der Waals surface area contributed by atoms with Crippen molar-refractivity contribution in [3.8, 4) is 22.4 Å². The van der Waals surface area contributed by atoms with E-state index in [2.05, 4.69) is 84.7 Å². The largest absolute Gasteiger partial charge is 0.256 e. The standard InChI is InChI=1S/C32H27NS/c1-20(2)15-22-13-14-33-30(18-22)29-17-21(3)16-28-27-19-24(11-12-31(27)34-32(28)29)26-10-6-8-23-7-4-5-9-25(23)26/h4-14,16-20H,15H2,1-3H3/i15D2. The van der Waals surface area contributed by atoms with E-state index in [-0.39, 0.29) is 5.92 Å². The van der Waals surface area contributed by atoms with E-state index in [9.17, 15) is 0 Å². The van der Waals surface area contributed by atoms with Crippen molar-refractivity contribution in [1.29, 1.82) is 0 Å². The molecular weight excluding hydrogens is 430 g/mol. The number of thiophene rings is 1. The van der Waals surface area contributed by atoms with Crippen LogP contribution in [0.15, 0.2) is 91.1 Å². The number of rotatable bonds is 4. The fourth-order valence-electron chi connectivity index (χ4n) is 4.86. The van der Waals surface area contributed by atoms with Crippen molar-refractivity contribution in [3.63, 3.8) is 0 Å².